The molecule has 1 aliphatic carbocycles. The van der Waals surface area contributed by atoms with Crippen LogP contribution in [0.15, 0.2) is 0 Å². The van der Waals surface area contributed by atoms with Crippen molar-refractivity contribution in [2.75, 3.05) is 13.1 Å². The van der Waals surface area contributed by atoms with Crippen molar-refractivity contribution >= 4 is 17.8 Å². The molecule has 7 nitrogen and oxygen atoms in total. The number of nitrogens with zero attached hydrogens (tertiary/aromatic N) is 3. The van der Waals surface area contributed by atoms with E-state index in [4.69, 9.17) is 4.84 Å². The predicted octanol–water partition coefficient (Wildman–Crippen LogP) is 2.88. The predicted molar refractivity (Wildman–Crippen MR) is 83.6 cm³/mol. The first-order valence-electron chi connectivity index (χ1n) is 8.76. The van der Waals surface area contributed by atoms with Gasteiger partial charge in [-0.3, -0.25) is 9.82 Å². The van der Waals surface area contributed by atoms with Crippen LogP contribution >= 0.6 is 0 Å². The minimum atomic E-state index is -0.544. The Balaban J connectivity index is 1.96. The van der Waals surface area contributed by atoms with Crippen LogP contribution in [0.3, 0.4) is 0 Å². The monoisotopic (exact) mass is 320 g/mol. The van der Waals surface area contributed by atoms with Gasteiger partial charge in [-0.2, -0.15) is 9.28 Å². The summed E-state index contributed by atoms with van der Waals surface area (Å²) in [6.45, 7) is 5.10. The number of fused-ring (bicyclic) bond motifs is 2. The zero-order valence-electron chi connectivity index (χ0n) is 13.8. The summed E-state index contributed by atoms with van der Waals surface area (Å²) >= 11 is 0. The second kappa shape index (κ2) is 4.88. The number of aromatic amines is 1. The zero-order chi connectivity index (χ0) is 16.2. The SMILES string of the molecule is CCC[N+]12Oc3nc(c([nH]3)C1=O)[N+](CCC)(C1CCCC1)C2=O. The summed E-state index contributed by atoms with van der Waals surface area (Å²) in [6.07, 6.45) is 5.85. The van der Waals surface area contributed by atoms with E-state index in [9.17, 15) is 9.59 Å². The highest BCUT2D eigenvalue weighted by Gasteiger charge is 2.73. The van der Waals surface area contributed by atoms with Crippen molar-refractivity contribution < 1.29 is 19.1 Å². The van der Waals surface area contributed by atoms with Gasteiger partial charge in [0.05, 0.1) is 6.54 Å². The smallest absolute Gasteiger partial charge is 0.289 e. The number of aromatic nitrogens is 2. The summed E-state index contributed by atoms with van der Waals surface area (Å²) < 4.78 is -0.355. The zero-order valence-corrected chi connectivity index (χ0v) is 13.8. The Labute approximate surface area is 135 Å². The van der Waals surface area contributed by atoms with Crippen LogP contribution < -0.4 is 9.32 Å². The summed E-state index contributed by atoms with van der Waals surface area (Å²) in [6, 6.07) is 0.386. The molecule has 0 saturated heterocycles. The molecule has 1 saturated carbocycles. The fraction of sp³-hybridized carbons (Fsp3) is 0.688. The maximum Gasteiger partial charge on any atom is 0.571 e. The first-order valence-corrected chi connectivity index (χ1v) is 8.76. The van der Waals surface area contributed by atoms with E-state index in [1.807, 2.05) is 6.92 Å². The van der Waals surface area contributed by atoms with E-state index in [1.54, 1.807) is 0 Å². The number of quaternary nitrogens is 2. The quantitative estimate of drug-likeness (QED) is 0.847. The minimum Gasteiger partial charge on any atom is -0.289 e. The highest BCUT2D eigenvalue weighted by atomic mass is 16.8. The lowest BCUT2D eigenvalue weighted by molar-refractivity contribution is -0.947. The van der Waals surface area contributed by atoms with E-state index < -0.39 is 4.65 Å². The van der Waals surface area contributed by atoms with E-state index in [-0.39, 0.29) is 22.5 Å². The molecular weight excluding hydrogens is 296 g/mol. The third-order valence-corrected chi connectivity index (χ3v) is 5.54. The van der Waals surface area contributed by atoms with Crippen molar-refractivity contribution in [3.63, 3.8) is 0 Å². The van der Waals surface area contributed by atoms with Gasteiger partial charge in [-0.1, -0.05) is 13.8 Å². The number of H-pyrrole nitrogens is 1. The summed E-state index contributed by atoms with van der Waals surface area (Å²) in [5, 5.41) is 0. The van der Waals surface area contributed by atoms with Gasteiger partial charge in [0.1, 0.15) is 12.6 Å². The van der Waals surface area contributed by atoms with Crippen molar-refractivity contribution in [1.82, 2.24) is 14.5 Å². The number of carbonyl (C=O) groups is 2. The molecular formula is C16H24N4O3+2. The van der Waals surface area contributed by atoms with Crippen LogP contribution in [0.4, 0.5) is 10.6 Å². The lowest BCUT2D eigenvalue weighted by atomic mass is 10.1. The molecule has 4 rings (SSSR count). The number of urea groups is 1. The highest BCUT2D eigenvalue weighted by Crippen LogP contribution is 2.47. The van der Waals surface area contributed by atoms with Crippen LogP contribution in [0, 0.1) is 0 Å². The van der Waals surface area contributed by atoms with Crippen molar-refractivity contribution in [2.45, 2.75) is 58.4 Å². The average Bonchev–Trinajstić information content (AvgIpc) is 3.16. The van der Waals surface area contributed by atoms with E-state index >= 15 is 0 Å². The molecule has 2 unspecified atom stereocenters. The van der Waals surface area contributed by atoms with Crippen LogP contribution in [0.5, 0.6) is 6.01 Å². The van der Waals surface area contributed by atoms with Crippen molar-refractivity contribution in [2.24, 2.45) is 0 Å². The van der Waals surface area contributed by atoms with Gasteiger partial charge in [-0.15, -0.1) is 4.98 Å². The van der Waals surface area contributed by atoms with Crippen molar-refractivity contribution in [1.29, 1.82) is 0 Å². The first-order chi connectivity index (χ1) is 11.1. The fourth-order valence-corrected chi connectivity index (χ4v) is 4.67. The summed E-state index contributed by atoms with van der Waals surface area (Å²) in [4.78, 5) is 39.9. The molecule has 0 spiro atoms. The molecule has 3 bridgehead atoms. The van der Waals surface area contributed by atoms with Gasteiger partial charge in [0, 0.05) is 17.5 Å². The van der Waals surface area contributed by atoms with Gasteiger partial charge in [0.2, 0.25) is 5.69 Å². The molecule has 1 aromatic heterocycles. The molecule has 7 heteroatoms. The normalized spacial score (nSPS) is 32.6. The Kier molecular flexibility index (Phi) is 3.15. The lowest BCUT2D eigenvalue weighted by Crippen LogP contribution is -2.76. The van der Waals surface area contributed by atoms with Gasteiger partial charge in [0.15, 0.2) is 0 Å². The third-order valence-electron chi connectivity index (χ3n) is 5.54. The van der Waals surface area contributed by atoms with Crippen molar-refractivity contribution in [3.8, 4) is 6.01 Å². The molecule has 0 aromatic carbocycles. The first kappa shape index (κ1) is 14.8. The molecule has 3 amide bonds. The van der Waals surface area contributed by atoms with Gasteiger partial charge in [-0.05, 0) is 25.7 Å². The molecule has 2 aliphatic heterocycles. The van der Waals surface area contributed by atoms with Crippen LogP contribution in [-0.4, -0.2) is 45.7 Å². The number of amides is 3. The number of carbonyl (C=O) groups excluding carboxylic acids is 2. The number of hydroxylamine groups is 3. The van der Waals surface area contributed by atoms with E-state index in [0.717, 1.165) is 32.1 Å². The van der Waals surface area contributed by atoms with Crippen molar-refractivity contribution in [3.05, 3.63) is 5.69 Å². The van der Waals surface area contributed by atoms with Crippen LogP contribution in [0.1, 0.15) is 62.9 Å². The second-order valence-electron chi connectivity index (χ2n) is 6.91. The number of hydrogen-bond acceptors (Lipinski definition) is 4. The number of imide groups is 1. The Hall–Kier alpha value is -1.73. The van der Waals surface area contributed by atoms with E-state index in [2.05, 4.69) is 16.9 Å². The Morgan fingerprint density at radius 1 is 1.17 bits per heavy atom. The molecule has 124 valence electrons. The average molecular weight is 320 g/mol. The number of rotatable bonds is 5. The Morgan fingerprint density at radius 3 is 2.52 bits per heavy atom. The summed E-state index contributed by atoms with van der Waals surface area (Å²) in [5.74, 6) is 0.325. The summed E-state index contributed by atoms with van der Waals surface area (Å²) in [5.41, 5.74) is 0.486. The van der Waals surface area contributed by atoms with Gasteiger partial charge < -0.3 is 0 Å². The molecule has 3 heterocycles. The van der Waals surface area contributed by atoms with Crippen LogP contribution in [0.25, 0.3) is 0 Å². The molecule has 23 heavy (non-hydrogen) atoms. The molecule has 0 radical (unpaired) electrons. The number of hydrogen-bond donors (Lipinski definition) is 1. The topological polar surface area (TPSA) is 72.0 Å². The van der Waals surface area contributed by atoms with E-state index in [1.165, 1.54) is 0 Å². The van der Waals surface area contributed by atoms with E-state index in [0.29, 0.717) is 37.0 Å². The standard InChI is InChI=1S/C16H23N4O3/c1-3-9-19(11-7-5-6-8-11)13-12-14(21)20(10-4-2,16(19)22)23-15(17-12)18-13/h11H,3-10H2,1-2H3/q+1/p+1. The fourth-order valence-electron chi connectivity index (χ4n) is 4.67. The molecule has 1 aromatic rings. The number of imidazole rings is 1. The van der Waals surface area contributed by atoms with Gasteiger partial charge in [-0.25, -0.2) is 4.79 Å². The largest absolute Gasteiger partial charge is 0.571 e. The maximum absolute atomic E-state index is 13.7. The molecule has 2 atom stereocenters. The minimum absolute atomic E-state index is 0.135. The Morgan fingerprint density at radius 2 is 1.87 bits per heavy atom. The third kappa shape index (κ3) is 1.64. The van der Waals surface area contributed by atoms with Gasteiger partial charge >= 0.3 is 17.9 Å². The highest BCUT2D eigenvalue weighted by molar-refractivity contribution is 6.06. The lowest BCUT2D eigenvalue weighted by Gasteiger charge is -2.42. The molecule has 1 fully saturated rings. The Bertz CT molecular complexity index is 679. The maximum atomic E-state index is 13.7. The van der Waals surface area contributed by atoms with Gasteiger partial charge in [0.25, 0.3) is 5.82 Å². The second-order valence-corrected chi connectivity index (χ2v) is 6.91. The van der Waals surface area contributed by atoms with Crippen LogP contribution in [-0.2, 0) is 0 Å². The van der Waals surface area contributed by atoms with Crippen LogP contribution in [0.2, 0.25) is 0 Å². The summed E-state index contributed by atoms with van der Waals surface area (Å²) in [7, 11) is 0. The number of nitrogens with one attached hydrogen (secondary N) is 1. The molecule has 3 aliphatic rings. The molecule has 1 N–H and O–H groups in total.